The molecular weight excluding hydrogens is 224 g/mol. The molecule has 1 amide bonds. The van der Waals surface area contributed by atoms with Gasteiger partial charge in [0.15, 0.2) is 0 Å². The maximum Gasteiger partial charge on any atom is 0.291 e. The molecule has 1 heterocycles. The van der Waals surface area contributed by atoms with Gasteiger partial charge in [0, 0.05) is 13.0 Å². The Bertz CT molecular complexity index is 340. The molecule has 7 nitrogen and oxygen atoms in total. The summed E-state index contributed by atoms with van der Waals surface area (Å²) >= 11 is 0. The molecule has 0 bridgehead atoms. The van der Waals surface area contributed by atoms with Crippen LogP contribution in [0.25, 0.3) is 0 Å². The summed E-state index contributed by atoms with van der Waals surface area (Å²) in [5.74, 6) is 0.543. The number of nitrogens with zero attached hydrogens (tertiary/aromatic N) is 2. The molecule has 0 aliphatic heterocycles. The Balaban J connectivity index is 2.26. The Morgan fingerprint density at radius 2 is 2.35 bits per heavy atom. The zero-order valence-electron chi connectivity index (χ0n) is 9.90. The first-order valence-corrected chi connectivity index (χ1v) is 5.66. The van der Waals surface area contributed by atoms with Crippen LogP contribution < -0.4 is 5.32 Å². The van der Waals surface area contributed by atoms with Gasteiger partial charge in [-0.15, -0.1) is 5.10 Å². The van der Waals surface area contributed by atoms with E-state index in [-0.39, 0.29) is 24.9 Å². The molecule has 17 heavy (non-hydrogen) atoms. The predicted octanol–water partition coefficient (Wildman–Crippen LogP) is -0.504. The summed E-state index contributed by atoms with van der Waals surface area (Å²) in [4.78, 5) is 15.6. The molecule has 0 unspecified atom stereocenters. The summed E-state index contributed by atoms with van der Waals surface area (Å²) in [6, 6.07) is 0. The normalized spacial score (nSPS) is 10.5. The Labute approximate surface area is 99.6 Å². The summed E-state index contributed by atoms with van der Waals surface area (Å²) in [5.41, 5.74) is 0. The fraction of sp³-hybridized carbons (Fsp3) is 0.700. The minimum Gasteiger partial charge on any atom is -0.394 e. The number of nitrogens with one attached hydrogen (secondary N) is 2. The number of hydrogen-bond acceptors (Lipinski definition) is 5. The lowest BCUT2D eigenvalue weighted by Crippen LogP contribution is -2.28. The van der Waals surface area contributed by atoms with Crippen molar-refractivity contribution in [2.45, 2.75) is 19.8 Å². The van der Waals surface area contributed by atoms with Gasteiger partial charge < -0.3 is 15.2 Å². The fourth-order valence-corrected chi connectivity index (χ4v) is 1.23. The van der Waals surface area contributed by atoms with Gasteiger partial charge in [0.05, 0.1) is 19.8 Å². The lowest BCUT2D eigenvalue weighted by molar-refractivity contribution is 0.0832. The van der Waals surface area contributed by atoms with E-state index in [1.54, 1.807) is 0 Å². The Kier molecular flexibility index (Phi) is 6.19. The van der Waals surface area contributed by atoms with Crippen molar-refractivity contribution in [1.29, 1.82) is 0 Å². The topological polar surface area (TPSA) is 100 Å². The Morgan fingerprint density at radius 3 is 3.06 bits per heavy atom. The fourth-order valence-electron chi connectivity index (χ4n) is 1.23. The van der Waals surface area contributed by atoms with Crippen molar-refractivity contribution in [2.75, 3.05) is 26.4 Å². The van der Waals surface area contributed by atoms with Gasteiger partial charge in [-0.05, 0) is 6.42 Å². The van der Waals surface area contributed by atoms with Gasteiger partial charge in [0.25, 0.3) is 5.91 Å². The van der Waals surface area contributed by atoms with Crippen molar-refractivity contribution in [2.24, 2.45) is 0 Å². The summed E-state index contributed by atoms with van der Waals surface area (Å²) in [7, 11) is 0. The maximum atomic E-state index is 11.5. The molecule has 7 heteroatoms. The molecule has 1 rings (SSSR count). The minimum absolute atomic E-state index is 0.0186. The van der Waals surface area contributed by atoms with Crippen LogP contribution in [0.15, 0.2) is 0 Å². The van der Waals surface area contributed by atoms with Crippen molar-refractivity contribution in [3.8, 4) is 0 Å². The molecule has 3 N–H and O–H groups in total. The molecule has 0 saturated heterocycles. The quantitative estimate of drug-likeness (QED) is 0.533. The molecule has 0 aliphatic rings. The number of carbonyl (C=O) groups is 1. The van der Waals surface area contributed by atoms with Crippen LogP contribution in [0.1, 0.15) is 29.8 Å². The molecular formula is C10H18N4O3. The van der Waals surface area contributed by atoms with Crippen molar-refractivity contribution in [1.82, 2.24) is 20.5 Å². The summed E-state index contributed by atoms with van der Waals surface area (Å²) < 4.78 is 5.00. The third kappa shape index (κ3) is 4.92. The van der Waals surface area contributed by atoms with Gasteiger partial charge in [0.1, 0.15) is 5.82 Å². The molecule has 0 atom stereocenters. The maximum absolute atomic E-state index is 11.5. The lowest BCUT2D eigenvalue weighted by atomic mass is 10.3. The van der Waals surface area contributed by atoms with E-state index < -0.39 is 0 Å². The summed E-state index contributed by atoms with van der Waals surface area (Å²) in [5, 5.41) is 17.6. The number of aliphatic hydroxyl groups is 1. The van der Waals surface area contributed by atoms with Gasteiger partial charge >= 0.3 is 0 Å². The highest BCUT2D eigenvalue weighted by molar-refractivity contribution is 5.90. The van der Waals surface area contributed by atoms with Crippen molar-refractivity contribution < 1.29 is 14.6 Å². The van der Waals surface area contributed by atoms with E-state index >= 15 is 0 Å². The second-order valence-corrected chi connectivity index (χ2v) is 3.45. The number of aliphatic hydroxyl groups excluding tert-OH is 1. The van der Waals surface area contributed by atoms with Crippen LogP contribution >= 0.6 is 0 Å². The molecule has 0 spiro atoms. The second-order valence-electron chi connectivity index (χ2n) is 3.45. The summed E-state index contributed by atoms with van der Waals surface area (Å²) in [6.45, 7) is 3.02. The molecule has 1 aromatic heterocycles. The predicted molar refractivity (Wildman–Crippen MR) is 60.6 cm³/mol. The highest BCUT2D eigenvalue weighted by atomic mass is 16.5. The van der Waals surface area contributed by atoms with Crippen LogP contribution in [0.3, 0.4) is 0 Å². The van der Waals surface area contributed by atoms with Gasteiger partial charge in [-0.2, -0.15) is 0 Å². The van der Waals surface area contributed by atoms with Crippen molar-refractivity contribution >= 4 is 5.91 Å². The first kappa shape index (κ1) is 13.6. The number of ether oxygens (including phenoxy) is 1. The molecule has 1 aromatic rings. The largest absolute Gasteiger partial charge is 0.394 e. The number of aromatic amines is 1. The highest BCUT2D eigenvalue weighted by Gasteiger charge is 2.10. The molecule has 0 saturated carbocycles. The molecule has 0 fully saturated rings. The van der Waals surface area contributed by atoms with E-state index in [0.717, 1.165) is 12.8 Å². The molecule has 0 radical (unpaired) electrons. The van der Waals surface area contributed by atoms with Crippen LogP contribution in [0.4, 0.5) is 0 Å². The molecule has 0 aromatic carbocycles. The minimum atomic E-state index is -0.323. The average Bonchev–Trinajstić information content (AvgIpc) is 2.78. The van der Waals surface area contributed by atoms with Gasteiger partial charge in [0.2, 0.25) is 5.82 Å². The Hall–Kier alpha value is -1.47. The van der Waals surface area contributed by atoms with Gasteiger partial charge in [-0.1, -0.05) is 6.92 Å². The van der Waals surface area contributed by atoms with E-state index in [2.05, 4.69) is 20.5 Å². The van der Waals surface area contributed by atoms with Gasteiger partial charge in [-0.3, -0.25) is 9.89 Å². The number of carbonyl (C=O) groups excluding carboxylic acids is 1. The average molecular weight is 242 g/mol. The third-order valence-electron chi connectivity index (χ3n) is 1.99. The van der Waals surface area contributed by atoms with Crippen LogP contribution in [0, 0.1) is 0 Å². The van der Waals surface area contributed by atoms with Crippen LogP contribution in [-0.2, 0) is 11.2 Å². The second kappa shape index (κ2) is 7.75. The number of rotatable bonds is 8. The SMILES string of the molecule is CCCc1nc(C(=O)NCCOCCO)n[nH]1. The smallest absolute Gasteiger partial charge is 0.291 e. The lowest BCUT2D eigenvalue weighted by Gasteiger charge is -2.02. The van der Waals surface area contributed by atoms with Crippen LogP contribution in [0.2, 0.25) is 0 Å². The monoisotopic (exact) mass is 242 g/mol. The van der Waals surface area contributed by atoms with E-state index in [1.165, 1.54) is 0 Å². The standard InChI is InChI=1S/C10H18N4O3/c1-2-3-8-12-9(14-13-8)10(16)11-4-6-17-7-5-15/h15H,2-7H2,1H3,(H,11,16)(H,12,13,14). The number of aromatic nitrogens is 3. The summed E-state index contributed by atoms with van der Waals surface area (Å²) in [6.07, 6.45) is 1.73. The van der Waals surface area contributed by atoms with E-state index in [0.29, 0.717) is 19.0 Å². The third-order valence-corrected chi connectivity index (χ3v) is 1.99. The first-order chi connectivity index (χ1) is 8.27. The van der Waals surface area contributed by atoms with Crippen LogP contribution in [-0.4, -0.2) is 52.6 Å². The zero-order valence-corrected chi connectivity index (χ0v) is 9.90. The number of hydrogen-bond donors (Lipinski definition) is 3. The highest BCUT2D eigenvalue weighted by Crippen LogP contribution is 1.96. The number of H-pyrrole nitrogens is 1. The number of amides is 1. The molecule has 0 aliphatic carbocycles. The molecule has 96 valence electrons. The van der Waals surface area contributed by atoms with E-state index in [9.17, 15) is 4.79 Å². The first-order valence-electron chi connectivity index (χ1n) is 5.66. The van der Waals surface area contributed by atoms with E-state index in [4.69, 9.17) is 9.84 Å². The van der Waals surface area contributed by atoms with Crippen LogP contribution in [0.5, 0.6) is 0 Å². The van der Waals surface area contributed by atoms with Gasteiger partial charge in [-0.25, -0.2) is 4.98 Å². The zero-order chi connectivity index (χ0) is 12.5. The van der Waals surface area contributed by atoms with Crippen molar-refractivity contribution in [3.63, 3.8) is 0 Å². The van der Waals surface area contributed by atoms with Crippen molar-refractivity contribution in [3.05, 3.63) is 11.6 Å². The number of aryl methyl sites for hydroxylation is 1. The van der Waals surface area contributed by atoms with E-state index in [1.807, 2.05) is 6.92 Å². The Morgan fingerprint density at radius 1 is 1.53 bits per heavy atom.